The summed E-state index contributed by atoms with van der Waals surface area (Å²) in [5.41, 5.74) is 1.16. The summed E-state index contributed by atoms with van der Waals surface area (Å²) in [5.74, 6) is 0.00576. The minimum atomic E-state index is -0.945. The number of nitrogens with zero attached hydrogens (tertiary/aromatic N) is 2. The molecule has 5 nitrogen and oxygen atoms in total. The van der Waals surface area contributed by atoms with Crippen molar-refractivity contribution in [2.45, 2.75) is 50.0 Å². The van der Waals surface area contributed by atoms with Crippen molar-refractivity contribution in [2.24, 2.45) is 7.05 Å². The van der Waals surface area contributed by atoms with E-state index >= 15 is 0 Å². The van der Waals surface area contributed by atoms with Crippen LogP contribution < -0.4 is 0 Å². The number of ether oxygens (including phenoxy) is 1. The van der Waals surface area contributed by atoms with Crippen LogP contribution in [-0.4, -0.2) is 31.8 Å². The molecule has 1 unspecified atom stereocenters. The second-order valence-electron chi connectivity index (χ2n) is 5.13. The molecule has 20 heavy (non-hydrogen) atoms. The summed E-state index contributed by atoms with van der Waals surface area (Å²) in [6, 6.07) is 0. The van der Waals surface area contributed by atoms with Crippen molar-refractivity contribution >= 4 is 16.8 Å². The SMILES string of the molecule is CCOC(=O)c1cnn(C)c1CS(=O)C1CCCCC1. The van der Waals surface area contributed by atoms with E-state index in [1.165, 1.54) is 12.6 Å². The van der Waals surface area contributed by atoms with E-state index < -0.39 is 10.8 Å². The Bertz CT molecular complexity index is 493. The molecule has 2 rings (SSSR count). The van der Waals surface area contributed by atoms with Crippen LogP contribution >= 0.6 is 0 Å². The van der Waals surface area contributed by atoms with Crippen molar-refractivity contribution in [3.63, 3.8) is 0 Å². The van der Waals surface area contributed by atoms with Gasteiger partial charge in [0.25, 0.3) is 0 Å². The molecule has 0 N–H and O–H groups in total. The van der Waals surface area contributed by atoms with E-state index in [2.05, 4.69) is 5.10 Å². The fourth-order valence-electron chi connectivity index (χ4n) is 2.59. The third-order valence-corrected chi connectivity index (χ3v) is 5.53. The van der Waals surface area contributed by atoms with Gasteiger partial charge in [0.2, 0.25) is 0 Å². The first-order valence-electron chi connectivity index (χ1n) is 7.18. The van der Waals surface area contributed by atoms with Gasteiger partial charge < -0.3 is 4.74 Å². The molecular weight excluding hydrogens is 276 g/mol. The summed E-state index contributed by atoms with van der Waals surface area (Å²) in [6.07, 6.45) is 7.12. The third-order valence-electron chi connectivity index (χ3n) is 3.76. The van der Waals surface area contributed by atoms with E-state index in [1.54, 1.807) is 18.7 Å². The van der Waals surface area contributed by atoms with E-state index in [0.29, 0.717) is 23.6 Å². The van der Waals surface area contributed by atoms with Gasteiger partial charge >= 0.3 is 5.97 Å². The highest BCUT2D eigenvalue weighted by Gasteiger charge is 2.24. The lowest BCUT2D eigenvalue weighted by Crippen LogP contribution is -2.21. The molecule has 1 aliphatic carbocycles. The molecule has 1 aromatic heterocycles. The monoisotopic (exact) mass is 298 g/mol. The van der Waals surface area contributed by atoms with Crippen LogP contribution in [0.25, 0.3) is 0 Å². The predicted octanol–water partition coefficient (Wildman–Crippen LogP) is 2.18. The summed E-state index contributed by atoms with van der Waals surface area (Å²) in [7, 11) is 0.828. The summed E-state index contributed by atoms with van der Waals surface area (Å²) in [4.78, 5) is 11.9. The Morgan fingerprint density at radius 3 is 2.80 bits per heavy atom. The van der Waals surface area contributed by atoms with Crippen molar-refractivity contribution in [3.05, 3.63) is 17.5 Å². The second-order valence-corrected chi connectivity index (χ2v) is 6.85. The molecule has 1 aliphatic rings. The quantitative estimate of drug-likeness (QED) is 0.782. The number of carbonyl (C=O) groups excluding carboxylic acids is 1. The van der Waals surface area contributed by atoms with Gasteiger partial charge in [-0.15, -0.1) is 0 Å². The van der Waals surface area contributed by atoms with E-state index in [-0.39, 0.29) is 11.2 Å². The van der Waals surface area contributed by atoms with Gasteiger partial charge in [-0.25, -0.2) is 4.79 Å². The van der Waals surface area contributed by atoms with Crippen LogP contribution in [0.5, 0.6) is 0 Å². The lowest BCUT2D eigenvalue weighted by Gasteiger charge is -2.21. The van der Waals surface area contributed by atoms with Gasteiger partial charge in [-0.3, -0.25) is 8.89 Å². The number of carbonyl (C=O) groups is 1. The lowest BCUT2D eigenvalue weighted by atomic mass is 10.0. The molecule has 1 aromatic rings. The third kappa shape index (κ3) is 3.48. The number of hydrogen-bond donors (Lipinski definition) is 0. The molecule has 6 heteroatoms. The van der Waals surface area contributed by atoms with Crippen LogP contribution in [0.4, 0.5) is 0 Å². The van der Waals surface area contributed by atoms with Gasteiger partial charge in [0.05, 0.1) is 24.3 Å². The lowest BCUT2D eigenvalue weighted by molar-refractivity contribution is 0.0525. The minimum Gasteiger partial charge on any atom is -0.462 e. The smallest absolute Gasteiger partial charge is 0.341 e. The summed E-state index contributed by atoms with van der Waals surface area (Å²) >= 11 is 0. The molecule has 1 atom stereocenters. The first-order chi connectivity index (χ1) is 9.63. The zero-order valence-electron chi connectivity index (χ0n) is 12.1. The van der Waals surface area contributed by atoms with Gasteiger partial charge in [0, 0.05) is 23.1 Å². The fraction of sp³-hybridized carbons (Fsp3) is 0.714. The number of rotatable bonds is 5. The summed E-state index contributed by atoms with van der Waals surface area (Å²) in [6.45, 7) is 2.10. The fourth-order valence-corrected chi connectivity index (χ4v) is 4.30. The van der Waals surface area contributed by atoms with Gasteiger partial charge in [-0.05, 0) is 19.8 Å². The molecule has 1 saturated carbocycles. The Morgan fingerprint density at radius 2 is 2.15 bits per heavy atom. The minimum absolute atomic E-state index is 0.258. The van der Waals surface area contributed by atoms with Crippen molar-refractivity contribution in [2.75, 3.05) is 6.61 Å². The van der Waals surface area contributed by atoms with Crippen molar-refractivity contribution in [1.82, 2.24) is 9.78 Å². The Labute approximate surface area is 122 Å². The number of aromatic nitrogens is 2. The Kier molecular flexibility index (Phi) is 5.34. The van der Waals surface area contributed by atoms with Gasteiger partial charge in [0.1, 0.15) is 5.56 Å². The zero-order valence-corrected chi connectivity index (χ0v) is 12.9. The molecule has 1 fully saturated rings. The van der Waals surface area contributed by atoms with Gasteiger partial charge in [0.15, 0.2) is 0 Å². The highest BCUT2D eigenvalue weighted by molar-refractivity contribution is 7.84. The predicted molar refractivity (Wildman–Crippen MR) is 77.9 cm³/mol. The van der Waals surface area contributed by atoms with Crippen molar-refractivity contribution in [1.29, 1.82) is 0 Å². The first-order valence-corrected chi connectivity index (χ1v) is 8.56. The molecule has 0 aliphatic heterocycles. The number of esters is 1. The Morgan fingerprint density at radius 1 is 1.45 bits per heavy atom. The maximum atomic E-state index is 12.5. The molecule has 0 bridgehead atoms. The molecule has 0 radical (unpaired) electrons. The molecule has 0 aromatic carbocycles. The highest BCUT2D eigenvalue weighted by atomic mass is 32.2. The largest absolute Gasteiger partial charge is 0.462 e. The number of hydrogen-bond acceptors (Lipinski definition) is 4. The van der Waals surface area contributed by atoms with Crippen LogP contribution in [0.15, 0.2) is 6.20 Å². The molecule has 1 heterocycles. The molecular formula is C14H22N2O3S. The summed E-state index contributed by atoms with van der Waals surface area (Å²) in [5, 5.41) is 4.36. The Balaban J connectivity index is 2.10. The number of aryl methyl sites for hydroxylation is 1. The van der Waals surface area contributed by atoms with E-state index in [1.807, 2.05) is 0 Å². The zero-order chi connectivity index (χ0) is 14.5. The molecule has 112 valence electrons. The normalized spacial score (nSPS) is 17.9. The average Bonchev–Trinajstić information content (AvgIpc) is 2.81. The van der Waals surface area contributed by atoms with Crippen LogP contribution in [0.2, 0.25) is 0 Å². The summed E-state index contributed by atoms with van der Waals surface area (Å²) < 4.78 is 19.1. The maximum Gasteiger partial charge on any atom is 0.341 e. The van der Waals surface area contributed by atoms with Crippen LogP contribution in [-0.2, 0) is 28.3 Å². The maximum absolute atomic E-state index is 12.5. The molecule has 0 amide bonds. The topological polar surface area (TPSA) is 61.2 Å². The molecule has 0 spiro atoms. The first kappa shape index (κ1) is 15.2. The van der Waals surface area contributed by atoms with E-state index in [4.69, 9.17) is 4.74 Å². The average molecular weight is 298 g/mol. The van der Waals surface area contributed by atoms with Crippen LogP contribution in [0.3, 0.4) is 0 Å². The van der Waals surface area contributed by atoms with Crippen LogP contribution in [0, 0.1) is 0 Å². The Hall–Kier alpha value is -1.17. The van der Waals surface area contributed by atoms with Gasteiger partial charge in [-0.2, -0.15) is 5.10 Å². The van der Waals surface area contributed by atoms with Crippen molar-refractivity contribution < 1.29 is 13.7 Å². The standard InChI is InChI=1S/C14H22N2O3S/c1-3-19-14(17)12-9-15-16(2)13(12)10-20(18)11-7-5-4-6-8-11/h9,11H,3-8,10H2,1-2H3. The highest BCUT2D eigenvalue weighted by Crippen LogP contribution is 2.24. The van der Waals surface area contributed by atoms with Crippen molar-refractivity contribution in [3.8, 4) is 0 Å². The van der Waals surface area contributed by atoms with E-state index in [9.17, 15) is 9.00 Å². The second kappa shape index (κ2) is 7.02. The van der Waals surface area contributed by atoms with E-state index in [0.717, 1.165) is 25.7 Å². The van der Waals surface area contributed by atoms with Gasteiger partial charge in [-0.1, -0.05) is 19.3 Å². The van der Waals surface area contributed by atoms with Crippen LogP contribution in [0.1, 0.15) is 55.1 Å². The molecule has 0 saturated heterocycles.